The summed E-state index contributed by atoms with van der Waals surface area (Å²) in [6.45, 7) is 8.87. The highest BCUT2D eigenvalue weighted by Crippen LogP contribution is 2.38. The zero-order valence-electron chi connectivity index (χ0n) is 22.1. The fourth-order valence-corrected chi connectivity index (χ4v) is 3.99. The molecule has 2 aromatic rings. The highest BCUT2D eigenvalue weighted by Gasteiger charge is 2.39. The number of nitrogens with two attached hydrogens (primary N) is 1. The Morgan fingerprint density at radius 1 is 0.795 bits per heavy atom. The van der Waals surface area contributed by atoms with Gasteiger partial charge in [-0.1, -0.05) is 12.1 Å². The van der Waals surface area contributed by atoms with Gasteiger partial charge in [0.25, 0.3) is 11.8 Å². The van der Waals surface area contributed by atoms with Crippen molar-refractivity contribution in [3.8, 4) is 0 Å². The van der Waals surface area contributed by atoms with Gasteiger partial charge in [0.05, 0.1) is 17.4 Å². The summed E-state index contributed by atoms with van der Waals surface area (Å²) in [5, 5.41) is 5.45. The minimum Gasteiger partial charge on any atom is -0.459 e. The molecular formula is C26H30N6O7. The molecule has 0 radical (unpaired) electrons. The third kappa shape index (κ3) is 5.72. The molecule has 2 aliphatic heterocycles. The zero-order chi connectivity index (χ0) is 29.1. The maximum absolute atomic E-state index is 12.0. The minimum absolute atomic E-state index is 0.0561. The number of anilines is 2. The van der Waals surface area contributed by atoms with Crippen LogP contribution in [0.4, 0.5) is 11.4 Å². The van der Waals surface area contributed by atoms with Gasteiger partial charge in [0, 0.05) is 22.5 Å². The van der Waals surface area contributed by atoms with Crippen LogP contribution in [0.5, 0.6) is 0 Å². The Kier molecular flexibility index (Phi) is 8.05. The number of hydrazine groups is 2. The number of esters is 1. The summed E-state index contributed by atoms with van der Waals surface area (Å²) in [5.41, 5.74) is 8.47. The van der Waals surface area contributed by atoms with Gasteiger partial charge >= 0.3 is 11.9 Å². The van der Waals surface area contributed by atoms with Gasteiger partial charge in [-0.05, 0) is 70.0 Å². The van der Waals surface area contributed by atoms with Crippen LogP contribution in [0.1, 0.15) is 66.5 Å². The van der Waals surface area contributed by atoms with E-state index in [2.05, 4.69) is 26.2 Å². The van der Waals surface area contributed by atoms with Crippen LogP contribution in [0.2, 0.25) is 0 Å². The Hall–Kier alpha value is -4.78. The first-order valence-corrected chi connectivity index (χ1v) is 11.9. The monoisotopic (exact) mass is 538 g/mol. The Balaban J connectivity index is 0.000000230. The number of rotatable bonds is 3. The standard InChI is InChI=1S/C15H17N3O5.C11H13N3O2/c1-4-23-13(21)12(20)18-17-11(19)8-5-6-9-10(7-8)16-14(22)15(9,2)3;1-11(2)7-4-3-6(9(15)14-12)5-8(7)13-10(11)16/h5-7H,4H2,1-3H3,(H,16,22)(H,17,19)(H,18,20);3-5H,12H2,1-2H3,(H,13,16)(H,14,15). The predicted molar refractivity (Wildman–Crippen MR) is 140 cm³/mol. The molecule has 0 saturated heterocycles. The van der Waals surface area contributed by atoms with Gasteiger partial charge < -0.3 is 15.4 Å². The van der Waals surface area contributed by atoms with Crippen molar-refractivity contribution < 1.29 is 33.5 Å². The number of fused-ring (bicyclic) bond motifs is 2. The number of hydrogen-bond acceptors (Lipinski definition) is 8. The highest BCUT2D eigenvalue weighted by atomic mass is 16.5. The van der Waals surface area contributed by atoms with E-state index in [4.69, 9.17) is 5.84 Å². The average Bonchev–Trinajstić information content (AvgIpc) is 3.27. The lowest BCUT2D eigenvalue weighted by Gasteiger charge is -2.15. The summed E-state index contributed by atoms with van der Waals surface area (Å²) in [6, 6.07) is 9.78. The molecule has 0 unspecified atom stereocenters. The molecule has 0 fully saturated rings. The number of ether oxygens (including phenoxy) is 1. The fourth-order valence-electron chi connectivity index (χ4n) is 3.99. The number of carbonyl (C=O) groups is 6. The minimum atomic E-state index is -1.09. The number of nitrogen functional groups attached to an aromatic ring is 1. The third-order valence-electron chi connectivity index (χ3n) is 6.42. The van der Waals surface area contributed by atoms with Gasteiger partial charge in [-0.2, -0.15) is 0 Å². The molecule has 0 saturated carbocycles. The van der Waals surface area contributed by atoms with Gasteiger partial charge in [0.15, 0.2) is 0 Å². The predicted octanol–water partition coefficient (Wildman–Crippen LogP) is 0.760. The van der Waals surface area contributed by atoms with Crippen LogP contribution < -0.4 is 32.8 Å². The number of nitrogens with one attached hydrogen (secondary N) is 5. The van der Waals surface area contributed by atoms with Crippen molar-refractivity contribution in [3.05, 3.63) is 58.7 Å². The van der Waals surface area contributed by atoms with E-state index in [-0.39, 0.29) is 29.9 Å². The molecule has 13 heteroatoms. The summed E-state index contributed by atoms with van der Waals surface area (Å²) in [6.07, 6.45) is 0. The van der Waals surface area contributed by atoms with E-state index in [0.29, 0.717) is 16.9 Å². The number of benzene rings is 2. The molecule has 0 aliphatic carbocycles. The zero-order valence-corrected chi connectivity index (χ0v) is 22.1. The summed E-state index contributed by atoms with van der Waals surface area (Å²) in [4.78, 5) is 69.3. The van der Waals surface area contributed by atoms with Crippen molar-refractivity contribution in [2.45, 2.75) is 45.4 Å². The molecule has 206 valence electrons. The molecule has 13 nitrogen and oxygen atoms in total. The van der Waals surface area contributed by atoms with Crippen molar-refractivity contribution in [2.75, 3.05) is 17.2 Å². The Morgan fingerprint density at radius 2 is 1.26 bits per heavy atom. The second-order valence-corrected chi connectivity index (χ2v) is 9.78. The largest absolute Gasteiger partial charge is 0.459 e. The van der Waals surface area contributed by atoms with Gasteiger partial charge in [0.2, 0.25) is 11.8 Å². The van der Waals surface area contributed by atoms with Crippen LogP contribution in [0.15, 0.2) is 36.4 Å². The molecule has 0 atom stereocenters. The molecule has 0 bridgehead atoms. The first kappa shape index (κ1) is 28.8. The van der Waals surface area contributed by atoms with E-state index >= 15 is 0 Å². The van der Waals surface area contributed by atoms with Crippen LogP contribution in [0, 0.1) is 0 Å². The first-order valence-electron chi connectivity index (χ1n) is 11.9. The summed E-state index contributed by atoms with van der Waals surface area (Å²) in [5.74, 6) is 1.67. The van der Waals surface area contributed by atoms with E-state index in [9.17, 15) is 28.8 Å². The Morgan fingerprint density at radius 3 is 1.69 bits per heavy atom. The molecule has 2 aliphatic rings. The normalized spacial score (nSPS) is 15.3. The molecular weight excluding hydrogens is 508 g/mol. The molecule has 0 aromatic heterocycles. The van der Waals surface area contributed by atoms with Crippen LogP contribution in [0.25, 0.3) is 0 Å². The topological polar surface area (TPSA) is 198 Å². The first-order chi connectivity index (χ1) is 18.2. The molecule has 7 N–H and O–H groups in total. The van der Waals surface area contributed by atoms with Crippen LogP contribution in [0.3, 0.4) is 0 Å². The van der Waals surface area contributed by atoms with Crippen molar-refractivity contribution >= 4 is 46.9 Å². The summed E-state index contributed by atoms with van der Waals surface area (Å²) >= 11 is 0. The van der Waals surface area contributed by atoms with Crippen LogP contribution >= 0.6 is 0 Å². The van der Waals surface area contributed by atoms with Crippen molar-refractivity contribution in [1.82, 2.24) is 16.3 Å². The summed E-state index contributed by atoms with van der Waals surface area (Å²) < 4.78 is 4.49. The molecule has 2 aromatic carbocycles. The highest BCUT2D eigenvalue weighted by molar-refractivity contribution is 6.32. The second-order valence-electron chi connectivity index (χ2n) is 9.78. The van der Waals surface area contributed by atoms with Gasteiger partial charge in [0.1, 0.15) is 0 Å². The van der Waals surface area contributed by atoms with Crippen molar-refractivity contribution in [1.29, 1.82) is 0 Å². The van der Waals surface area contributed by atoms with E-state index in [1.54, 1.807) is 45.0 Å². The Labute approximate surface area is 224 Å². The van der Waals surface area contributed by atoms with Gasteiger partial charge in [-0.25, -0.2) is 10.6 Å². The van der Waals surface area contributed by atoms with Gasteiger partial charge in [-0.3, -0.25) is 40.3 Å². The Bertz CT molecular complexity index is 1380. The van der Waals surface area contributed by atoms with E-state index < -0.39 is 28.6 Å². The smallest absolute Gasteiger partial charge is 0.398 e. The van der Waals surface area contributed by atoms with Gasteiger partial charge in [-0.15, -0.1) is 0 Å². The lowest BCUT2D eigenvalue weighted by molar-refractivity contribution is -0.154. The second kappa shape index (κ2) is 10.9. The van der Waals surface area contributed by atoms with Crippen LogP contribution in [-0.2, 0) is 34.7 Å². The van der Waals surface area contributed by atoms with E-state index in [0.717, 1.165) is 11.1 Å². The van der Waals surface area contributed by atoms with E-state index in [1.807, 2.05) is 19.3 Å². The number of carbonyl (C=O) groups excluding carboxylic acids is 6. The maximum Gasteiger partial charge on any atom is 0.398 e. The molecule has 5 amide bonds. The van der Waals surface area contributed by atoms with Crippen molar-refractivity contribution in [2.24, 2.45) is 5.84 Å². The van der Waals surface area contributed by atoms with E-state index in [1.165, 1.54) is 12.1 Å². The average molecular weight is 539 g/mol. The quantitative estimate of drug-likeness (QED) is 0.108. The lowest BCUT2D eigenvalue weighted by atomic mass is 9.86. The number of amides is 5. The SMILES string of the molecule is CC1(C)C(=O)Nc2cc(C(=O)NN)ccc21.CCOC(=O)C(=O)NNC(=O)c1ccc2c(c1)NC(=O)C2(C)C. The third-order valence-corrected chi connectivity index (χ3v) is 6.42. The maximum atomic E-state index is 12.0. The summed E-state index contributed by atoms with van der Waals surface area (Å²) in [7, 11) is 0. The lowest BCUT2D eigenvalue weighted by Crippen LogP contribution is -2.45. The number of hydrogen-bond donors (Lipinski definition) is 6. The van der Waals surface area contributed by atoms with Crippen molar-refractivity contribution in [3.63, 3.8) is 0 Å². The molecule has 39 heavy (non-hydrogen) atoms. The molecule has 4 rings (SSSR count). The molecule has 0 spiro atoms. The molecule has 2 heterocycles. The van der Waals surface area contributed by atoms with Crippen LogP contribution in [-0.4, -0.2) is 42.1 Å². The fraction of sp³-hybridized carbons (Fsp3) is 0.308.